The largest absolute Gasteiger partial charge is 0.494 e. The number of amides is 2. The SMILES string of the molecule is [2H]C([2H])([2H])NC(=O)c1nnc(NC(=O)C2CC2)cc1Nc1cccc(-c2ncn(C3CC3)n2)c1OC. The summed E-state index contributed by atoms with van der Waals surface area (Å²) in [7, 11) is 1.50. The van der Waals surface area contributed by atoms with Crippen molar-refractivity contribution in [3.05, 3.63) is 36.3 Å². The summed E-state index contributed by atoms with van der Waals surface area (Å²) in [6.07, 6.45) is 5.43. The molecule has 2 fully saturated rings. The molecule has 11 heteroatoms. The molecule has 33 heavy (non-hydrogen) atoms. The third-order valence-electron chi connectivity index (χ3n) is 5.48. The maximum Gasteiger partial charge on any atom is 0.273 e. The van der Waals surface area contributed by atoms with Gasteiger partial charge in [0.15, 0.2) is 23.1 Å². The quantitative estimate of drug-likeness (QED) is 0.475. The van der Waals surface area contributed by atoms with Gasteiger partial charge in [-0.15, -0.1) is 10.2 Å². The lowest BCUT2D eigenvalue weighted by Gasteiger charge is -2.16. The van der Waals surface area contributed by atoms with Crippen LogP contribution in [0.15, 0.2) is 30.6 Å². The Kier molecular flexibility index (Phi) is 4.51. The summed E-state index contributed by atoms with van der Waals surface area (Å²) >= 11 is 0. The number of nitrogens with zero attached hydrogens (tertiary/aromatic N) is 5. The Bertz CT molecular complexity index is 1320. The lowest BCUT2D eigenvalue weighted by atomic mass is 10.1. The molecule has 2 amide bonds. The molecule has 2 saturated carbocycles. The van der Waals surface area contributed by atoms with Gasteiger partial charge in [0.1, 0.15) is 6.33 Å². The summed E-state index contributed by atoms with van der Waals surface area (Å²) in [5, 5.41) is 20.0. The van der Waals surface area contributed by atoms with Crippen LogP contribution >= 0.6 is 0 Å². The summed E-state index contributed by atoms with van der Waals surface area (Å²) in [6.45, 7) is -2.72. The van der Waals surface area contributed by atoms with Crippen LogP contribution in [0, 0.1) is 5.92 Å². The van der Waals surface area contributed by atoms with Gasteiger partial charge in [-0.2, -0.15) is 5.10 Å². The van der Waals surface area contributed by atoms with Crippen molar-refractivity contribution in [2.24, 2.45) is 5.92 Å². The number of nitrogens with one attached hydrogen (secondary N) is 3. The number of methoxy groups -OCH3 is 1. The van der Waals surface area contributed by atoms with E-state index in [9.17, 15) is 9.59 Å². The van der Waals surface area contributed by atoms with Gasteiger partial charge in [-0.05, 0) is 37.8 Å². The molecule has 0 bridgehead atoms. The standard InChI is InChI=1S/C22H24N8O3/c1-23-22(32)18-16(10-17(27-28-18)26-21(31)12-6-7-12)25-15-5-3-4-14(19(15)33-2)20-24-11-30(29-20)13-8-9-13/h3-5,10-13H,6-9H2,1-2H3,(H,23,32)(H2,25,26,27,31)/i1D3. The van der Waals surface area contributed by atoms with Gasteiger partial charge in [-0.25, -0.2) is 9.67 Å². The molecule has 3 N–H and O–H groups in total. The summed E-state index contributed by atoms with van der Waals surface area (Å²) in [4.78, 5) is 29.3. The number of aromatic nitrogens is 5. The summed E-state index contributed by atoms with van der Waals surface area (Å²) < 4.78 is 29.5. The highest BCUT2D eigenvalue weighted by atomic mass is 16.5. The first-order valence-corrected chi connectivity index (χ1v) is 10.6. The number of hydrogen-bond donors (Lipinski definition) is 3. The monoisotopic (exact) mass is 451 g/mol. The molecule has 1 aromatic carbocycles. The molecule has 2 aliphatic carbocycles. The predicted octanol–water partition coefficient (Wildman–Crippen LogP) is 2.53. The molecule has 5 rings (SSSR count). The normalized spacial score (nSPS) is 16.8. The summed E-state index contributed by atoms with van der Waals surface area (Å²) in [5.41, 5.74) is 0.941. The minimum absolute atomic E-state index is 0.0681. The van der Waals surface area contributed by atoms with Crippen LogP contribution in [-0.4, -0.2) is 50.9 Å². The first kappa shape index (κ1) is 17.5. The Morgan fingerprint density at radius 3 is 2.76 bits per heavy atom. The number of para-hydroxylation sites is 1. The van der Waals surface area contributed by atoms with Gasteiger partial charge in [0, 0.05) is 23.1 Å². The van der Waals surface area contributed by atoms with E-state index in [2.05, 4.69) is 30.9 Å². The van der Waals surface area contributed by atoms with Crippen LogP contribution in [0.25, 0.3) is 11.4 Å². The maximum absolute atomic E-state index is 12.7. The van der Waals surface area contributed by atoms with Crippen LogP contribution in [0.2, 0.25) is 0 Å². The predicted molar refractivity (Wildman–Crippen MR) is 120 cm³/mol. The number of hydrogen-bond acceptors (Lipinski definition) is 8. The van der Waals surface area contributed by atoms with Gasteiger partial charge < -0.3 is 20.7 Å². The molecular formula is C22H24N8O3. The molecule has 0 unspecified atom stereocenters. The Morgan fingerprint density at radius 1 is 1.18 bits per heavy atom. The first-order valence-electron chi connectivity index (χ1n) is 12.1. The molecule has 0 saturated heterocycles. The van der Waals surface area contributed by atoms with Crippen molar-refractivity contribution < 1.29 is 18.4 Å². The number of carbonyl (C=O) groups excluding carboxylic acids is 2. The number of anilines is 3. The molecule has 2 heterocycles. The van der Waals surface area contributed by atoms with E-state index in [0.29, 0.717) is 28.9 Å². The van der Waals surface area contributed by atoms with Crippen molar-refractivity contribution in [2.75, 3.05) is 24.7 Å². The van der Waals surface area contributed by atoms with E-state index in [1.807, 2.05) is 16.1 Å². The van der Waals surface area contributed by atoms with E-state index in [4.69, 9.17) is 8.85 Å². The van der Waals surface area contributed by atoms with E-state index in [1.54, 1.807) is 18.5 Å². The smallest absolute Gasteiger partial charge is 0.273 e. The maximum atomic E-state index is 12.7. The fourth-order valence-corrected chi connectivity index (χ4v) is 3.44. The highest BCUT2D eigenvalue weighted by molar-refractivity contribution is 6.00. The van der Waals surface area contributed by atoms with Crippen molar-refractivity contribution in [3.8, 4) is 17.1 Å². The van der Waals surface area contributed by atoms with Crippen LogP contribution in [0.5, 0.6) is 5.75 Å². The zero-order chi connectivity index (χ0) is 25.4. The topological polar surface area (TPSA) is 136 Å². The van der Waals surface area contributed by atoms with E-state index >= 15 is 0 Å². The van der Waals surface area contributed by atoms with E-state index in [0.717, 1.165) is 25.7 Å². The molecule has 0 radical (unpaired) electrons. The Hall–Kier alpha value is -4.02. The second-order valence-corrected chi connectivity index (χ2v) is 8.00. The van der Waals surface area contributed by atoms with Gasteiger partial charge in [0.2, 0.25) is 5.91 Å². The van der Waals surface area contributed by atoms with Gasteiger partial charge in [0.05, 0.1) is 30.1 Å². The second-order valence-electron chi connectivity index (χ2n) is 8.00. The highest BCUT2D eigenvalue weighted by Gasteiger charge is 2.30. The molecule has 0 aliphatic heterocycles. The Balaban J connectivity index is 1.49. The minimum atomic E-state index is -2.72. The van der Waals surface area contributed by atoms with Crippen molar-refractivity contribution in [3.63, 3.8) is 0 Å². The molecule has 170 valence electrons. The molecule has 0 spiro atoms. The Labute approximate surface area is 194 Å². The molecule has 3 aromatic rings. The molecule has 11 nitrogen and oxygen atoms in total. The number of carbonyl (C=O) groups is 2. The molecule has 2 aromatic heterocycles. The van der Waals surface area contributed by atoms with Crippen molar-refractivity contribution in [1.29, 1.82) is 0 Å². The van der Waals surface area contributed by atoms with E-state index < -0.39 is 12.9 Å². The van der Waals surface area contributed by atoms with Crippen LogP contribution in [-0.2, 0) is 4.79 Å². The van der Waals surface area contributed by atoms with E-state index in [-0.39, 0.29) is 29.0 Å². The number of benzene rings is 1. The highest BCUT2D eigenvalue weighted by Crippen LogP contribution is 2.39. The van der Waals surface area contributed by atoms with E-state index in [1.165, 1.54) is 13.2 Å². The second kappa shape index (κ2) is 8.49. The summed E-state index contributed by atoms with van der Waals surface area (Å²) in [5.74, 6) is -0.195. The average molecular weight is 452 g/mol. The van der Waals surface area contributed by atoms with Crippen LogP contribution in [0.1, 0.15) is 46.3 Å². The molecule has 0 atom stereocenters. The van der Waals surface area contributed by atoms with Crippen LogP contribution in [0.4, 0.5) is 17.2 Å². The fraction of sp³-hybridized carbons (Fsp3) is 0.364. The number of rotatable bonds is 8. The fourth-order valence-electron chi connectivity index (χ4n) is 3.44. The van der Waals surface area contributed by atoms with Gasteiger partial charge in [0.25, 0.3) is 5.91 Å². The van der Waals surface area contributed by atoms with Gasteiger partial charge in [-0.1, -0.05) is 6.07 Å². The minimum Gasteiger partial charge on any atom is -0.494 e. The third kappa shape index (κ3) is 4.34. The zero-order valence-corrected chi connectivity index (χ0v) is 17.8. The van der Waals surface area contributed by atoms with Gasteiger partial charge >= 0.3 is 0 Å². The van der Waals surface area contributed by atoms with Crippen LogP contribution in [0.3, 0.4) is 0 Å². The lowest BCUT2D eigenvalue weighted by molar-refractivity contribution is -0.117. The van der Waals surface area contributed by atoms with Crippen molar-refractivity contribution in [2.45, 2.75) is 31.7 Å². The first-order chi connectivity index (χ1) is 17.2. The molecular weight excluding hydrogens is 424 g/mol. The molecule has 2 aliphatic rings. The number of ether oxygens (including phenoxy) is 1. The van der Waals surface area contributed by atoms with Gasteiger partial charge in [-0.3, -0.25) is 9.59 Å². The van der Waals surface area contributed by atoms with Crippen molar-refractivity contribution >= 4 is 29.0 Å². The summed E-state index contributed by atoms with van der Waals surface area (Å²) in [6, 6.07) is 7.09. The lowest BCUT2D eigenvalue weighted by Crippen LogP contribution is -2.22. The zero-order valence-electron chi connectivity index (χ0n) is 20.8. The van der Waals surface area contributed by atoms with Crippen LogP contribution < -0.4 is 20.7 Å². The average Bonchev–Trinajstić information content (AvgIpc) is 3.76. The van der Waals surface area contributed by atoms with Crippen molar-refractivity contribution in [1.82, 2.24) is 30.3 Å². The third-order valence-corrected chi connectivity index (χ3v) is 5.48. The Morgan fingerprint density at radius 2 is 2.03 bits per heavy atom.